The lowest BCUT2D eigenvalue weighted by Crippen LogP contribution is -2.08. The first-order valence-electron chi connectivity index (χ1n) is 10.3. The largest absolute Gasteiger partial charge is 0.496 e. The summed E-state index contributed by atoms with van der Waals surface area (Å²) in [6.45, 7) is 2.88. The summed E-state index contributed by atoms with van der Waals surface area (Å²) in [5, 5.41) is 8.22. The van der Waals surface area contributed by atoms with Crippen molar-refractivity contribution in [2.24, 2.45) is 0 Å². The molecule has 4 rings (SSSR count). The lowest BCUT2D eigenvalue weighted by Gasteiger charge is -2.11. The second-order valence-corrected chi connectivity index (χ2v) is 7.60. The molecule has 8 nitrogen and oxygen atoms in total. The summed E-state index contributed by atoms with van der Waals surface area (Å²) in [5.74, 6) is 1.59. The predicted molar refractivity (Wildman–Crippen MR) is 142 cm³/mol. The number of aromatic nitrogens is 4. The number of methoxy groups -OCH3 is 2. The Morgan fingerprint density at radius 1 is 1.00 bits per heavy atom. The molecule has 0 saturated heterocycles. The van der Waals surface area contributed by atoms with E-state index in [1.54, 1.807) is 37.2 Å². The van der Waals surface area contributed by atoms with Crippen molar-refractivity contribution < 1.29 is 14.2 Å². The zero-order valence-electron chi connectivity index (χ0n) is 19.4. The highest BCUT2D eigenvalue weighted by Gasteiger charge is 2.15. The summed E-state index contributed by atoms with van der Waals surface area (Å²) in [4.78, 5) is 8.76. The second kappa shape index (κ2) is 13.2. The maximum Gasteiger partial charge on any atom is 0.322 e. The Labute approximate surface area is 221 Å². The number of hydrogen-bond donors (Lipinski definition) is 1. The number of rotatable bonds is 9. The molecule has 0 spiro atoms. The maximum atomic E-state index is 6.24. The molecule has 0 aliphatic rings. The van der Waals surface area contributed by atoms with Crippen molar-refractivity contribution >= 4 is 48.1 Å². The fourth-order valence-electron chi connectivity index (χ4n) is 3.26. The Hall–Kier alpha value is -3.04. The average Bonchev–Trinajstić information content (AvgIpc) is 3.19. The van der Waals surface area contributed by atoms with Crippen LogP contribution in [0.5, 0.6) is 17.5 Å². The van der Waals surface area contributed by atoms with Gasteiger partial charge in [-0.3, -0.25) is 4.98 Å². The van der Waals surface area contributed by atoms with Gasteiger partial charge in [0.05, 0.1) is 25.3 Å². The van der Waals surface area contributed by atoms with Crippen LogP contribution in [0.1, 0.15) is 5.69 Å². The summed E-state index contributed by atoms with van der Waals surface area (Å²) < 4.78 is 18.4. The van der Waals surface area contributed by atoms with E-state index in [1.807, 2.05) is 49.4 Å². The quantitative estimate of drug-likeness (QED) is 0.266. The molecule has 4 aromatic rings. The summed E-state index contributed by atoms with van der Waals surface area (Å²) in [5.41, 5.74) is 3.71. The molecular weight excluding hydrogens is 513 g/mol. The number of nitrogens with one attached hydrogen (secondary N) is 1. The number of hydrogen-bond acceptors (Lipinski definition) is 7. The van der Waals surface area contributed by atoms with Crippen LogP contribution < -0.4 is 14.8 Å². The van der Waals surface area contributed by atoms with Crippen molar-refractivity contribution in [2.75, 3.05) is 26.1 Å². The molecule has 0 fully saturated rings. The third kappa shape index (κ3) is 6.99. The summed E-state index contributed by atoms with van der Waals surface area (Å²) in [6.07, 6.45) is 1.79. The van der Waals surface area contributed by atoms with Gasteiger partial charge < -0.3 is 19.5 Å². The highest BCUT2D eigenvalue weighted by atomic mass is 35.5. The van der Waals surface area contributed by atoms with Crippen molar-refractivity contribution in [3.8, 4) is 28.6 Å². The zero-order valence-corrected chi connectivity index (χ0v) is 21.8. The smallest absolute Gasteiger partial charge is 0.322 e. The van der Waals surface area contributed by atoms with Gasteiger partial charge in [0.25, 0.3) is 0 Å². The number of halogens is 3. The number of benzene rings is 2. The minimum Gasteiger partial charge on any atom is -0.496 e. The van der Waals surface area contributed by atoms with E-state index in [4.69, 9.17) is 25.8 Å². The molecule has 186 valence electrons. The lowest BCUT2D eigenvalue weighted by atomic mass is 10.0. The van der Waals surface area contributed by atoms with Gasteiger partial charge in [0.2, 0.25) is 5.95 Å². The van der Waals surface area contributed by atoms with Gasteiger partial charge in [0, 0.05) is 36.3 Å². The van der Waals surface area contributed by atoms with E-state index in [0.29, 0.717) is 35.9 Å². The first-order chi connectivity index (χ1) is 16.1. The van der Waals surface area contributed by atoms with Crippen LogP contribution in [0.15, 0.2) is 60.8 Å². The average molecular weight is 539 g/mol. The molecule has 0 aliphatic heterocycles. The highest BCUT2D eigenvalue weighted by Crippen LogP contribution is 2.34. The van der Waals surface area contributed by atoms with E-state index >= 15 is 0 Å². The van der Waals surface area contributed by atoms with Crippen LogP contribution in [0.25, 0.3) is 11.1 Å². The van der Waals surface area contributed by atoms with Crippen molar-refractivity contribution in [1.82, 2.24) is 19.7 Å². The number of pyridine rings is 1. The van der Waals surface area contributed by atoms with E-state index in [0.717, 1.165) is 28.3 Å². The molecule has 0 unspecified atom stereocenters. The molecule has 0 amide bonds. The molecule has 0 saturated carbocycles. The Balaban J connectivity index is 0.00000216. The Morgan fingerprint density at radius 3 is 2.51 bits per heavy atom. The molecule has 35 heavy (non-hydrogen) atoms. The SMILES string of the molecule is COCCn1nc(Nc2ccc(-c3ccnc(C)c3)c(OC)c2)nc1Oc1ccccc1Cl.Cl.Cl. The van der Waals surface area contributed by atoms with E-state index in [1.165, 1.54) is 0 Å². The van der Waals surface area contributed by atoms with Gasteiger partial charge >= 0.3 is 6.01 Å². The molecule has 0 radical (unpaired) electrons. The molecule has 0 atom stereocenters. The molecule has 0 bridgehead atoms. The predicted octanol–water partition coefficient (Wildman–Crippen LogP) is 6.34. The number of aryl methyl sites for hydroxylation is 1. The monoisotopic (exact) mass is 537 g/mol. The Kier molecular flexibility index (Phi) is 10.6. The zero-order chi connectivity index (χ0) is 23.2. The molecule has 2 aromatic heterocycles. The van der Waals surface area contributed by atoms with Gasteiger partial charge in [-0.25, -0.2) is 4.68 Å². The molecule has 1 N–H and O–H groups in total. The van der Waals surface area contributed by atoms with E-state index < -0.39 is 0 Å². The van der Waals surface area contributed by atoms with E-state index in [9.17, 15) is 0 Å². The number of para-hydroxylation sites is 1. The first-order valence-corrected chi connectivity index (χ1v) is 10.7. The number of nitrogens with zero attached hydrogens (tertiary/aromatic N) is 4. The van der Waals surface area contributed by atoms with Crippen molar-refractivity contribution in [1.29, 1.82) is 0 Å². The van der Waals surface area contributed by atoms with Gasteiger partial charge in [-0.15, -0.1) is 29.9 Å². The second-order valence-electron chi connectivity index (χ2n) is 7.19. The molecular formula is C24H26Cl3N5O3. The molecule has 0 aliphatic carbocycles. The van der Waals surface area contributed by atoms with Gasteiger partial charge in [-0.05, 0) is 48.9 Å². The maximum absolute atomic E-state index is 6.24. The van der Waals surface area contributed by atoms with E-state index in [2.05, 4.69) is 20.4 Å². The molecule has 2 aromatic carbocycles. The van der Waals surface area contributed by atoms with Crippen LogP contribution in [-0.2, 0) is 11.3 Å². The van der Waals surface area contributed by atoms with Crippen LogP contribution in [0.2, 0.25) is 5.02 Å². The van der Waals surface area contributed by atoms with Crippen molar-refractivity contribution in [3.63, 3.8) is 0 Å². The van der Waals surface area contributed by atoms with E-state index in [-0.39, 0.29) is 24.8 Å². The van der Waals surface area contributed by atoms with Gasteiger partial charge in [-0.2, -0.15) is 4.98 Å². The fraction of sp³-hybridized carbons (Fsp3) is 0.208. The van der Waals surface area contributed by atoms with Crippen LogP contribution in [-0.4, -0.2) is 40.6 Å². The van der Waals surface area contributed by atoms with Crippen LogP contribution in [0.3, 0.4) is 0 Å². The molecule has 11 heteroatoms. The van der Waals surface area contributed by atoms with Gasteiger partial charge in [0.15, 0.2) is 0 Å². The standard InChI is InChI=1S/C24H24ClN5O3.2ClH/c1-16-14-17(10-11-26-16)19-9-8-18(15-22(19)32-3)27-23-28-24(30(29-23)12-13-31-2)33-21-7-5-4-6-20(21)25;;/h4-11,14-15H,12-13H2,1-3H3,(H,27,29);2*1H. The van der Waals surface area contributed by atoms with Crippen LogP contribution in [0, 0.1) is 6.92 Å². The Morgan fingerprint density at radius 2 is 1.80 bits per heavy atom. The van der Waals surface area contributed by atoms with Crippen molar-refractivity contribution in [2.45, 2.75) is 13.5 Å². The summed E-state index contributed by atoms with van der Waals surface area (Å²) in [6, 6.07) is 17.3. The third-order valence-electron chi connectivity index (χ3n) is 4.85. The van der Waals surface area contributed by atoms with Gasteiger partial charge in [0.1, 0.15) is 11.5 Å². The normalized spacial score (nSPS) is 10.2. The summed E-state index contributed by atoms with van der Waals surface area (Å²) in [7, 11) is 3.27. The van der Waals surface area contributed by atoms with Crippen LogP contribution in [0.4, 0.5) is 11.6 Å². The van der Waals surface area contributed by atoms with Gasteiger partial charge in [-0.1, -0.05) is 23.7 Å². The van der Waals surface area contributed by atoms with Crippen LogP contribution >= 0.6 is 36.4 Å². The highest BCUT2D eigenvalue weighted by molar-refractivity contribution is 6.32. The minimum absolute atomic E-state index is 0. The Bertz CT molecular complexity index is 1250. The lowest BCUT2D eigenvalue weighted by molar-refractivity contribution is 0.179. The number of ether oxygens (including phenoxy) is 3. The number of anilines is 2. The topological polar surface area (TPSA) is 83.3 Å². The van der Waals surface area contributed by atoms with Crippen molar-refractivity contribution in [3.05, 3.63) is 71.5 Å². The molecule has 2 heterocycles. The third-order valence-corrected chi connectivity index (χ3v) is 5.16. The first kappa shape index (κ1) is 28.2. The minimum atomic E-state index is 0. The summed E-state index contributed by atoms with van der Waals surface area (Å²) >= 11 is 6.24. The fourth-order valence-corrected chi connectivity index (χ4v) is 3.43.